The number of ether oxygens (including phenoxy) is 1. The maximum absolute atomic E-state index is 13.1. The maximum atomic E-state index is 13.1. The molecule has 1 atom stereocenters. The number of piperazine rings is 1. The molecular weight excluding hydrogens is 450 g/mol. The highest BCUT2D eigenvalue weighted by Gasteiger charge is 2.43. The minimum Gasteiger partial charge on any atom is -0.480 e. The van der Waals surface area contributed by atoms with Crippen molar-refractivity contribution in [2.75, 3.05) is 33.3 Å². The Morgan fingerprint density at radius 3 is 2.20 bits per heavy atom. The first-order valence-electron chi connectivity index (χ1n) is 11.5. The monoisotopic (exact) mass is 479 g/mol. The van der Waals surface area contributed by atoms with Gasteiger partial charge in [0, 0.05) is 19.5 Å². The zero-order valence-corrected chi connectivity index (χ0v) is 20.0. The zero-order valence-electron chi connectivity index (χ0n) is 20.0. The first-order chi connectivity index (χ1) is 16.6. The number of amides is 3. The quantitative estimate of drug-likeness (QED) is 0.657. The third-order valence-electron chi connectivity index (χ3n) is 6.70. The molecule has 2 aromatic rings. The highest BCUT2D eigenvalue weighted by Crippen LogP contribution is 2.44. The minimum absolute atomic E-state index is 0.0740. The van der Waals surface area contributed by atoms with Crippen LogP contribution in [0.3, 0.4) is 0 Å². The Morgan fingerprint density at radius 1 is 1.06 bits per heavy atom. The second-order valence-corrected chi connectivity index (χ2v) is 9.62. The van der Waals surface area contributed by atoms with Crippen LogP contribution in [0.5, 0.6) is 0 Å². The van der Waals surface area contributed by atoms with Crippen molar-refractivity contribution in [1.82, 2.24) is 15.1 Å². The summed E-state index contributed by atoms with van der Waals surface area (Å²) in [5.41, 5.74) is 3.29. The van der Waals surface area contributed by atoms with Gasteiger partial charge in [0.15, 0.2) is 0 Å². The number of hydrogen-bond donors (Lipinski definition) is 2. The van der Waals surface area contributed by atoms with Crippen LogP contribution in [-0.4, -0.2) is 78.1 Å². The summed E-state index contributed by atoms with van der Waals surface area (Å²) in [6.07, 6.45) is -0.669. The molecule has 9 heteroatoms. The van der Waals surface area contributed by atoms with Gasteiger partial charge in [-0.1, -0.05) is 48.5 Å². The van der Waals surface area contributed by atoms with E-state index in [0.717, 1.165) is 27.2 Å². The number of benzene rings is 2. The summed E-state index contributed by atoms with van der Waals surface area (Å²) < 4.78 is 5.52. The van der Waals surface area contributed by atoms with E-state index < -0.39 is 29.4 Å². The smallest absolute Gasteiger partial charge is 0.407 e. The van der Waals surface area contributed by atoms with E-state index >= 15 is 0 Å². The molecule has 1 aliphatic heterocycles. The van der Waals surface area contributed by atoms with Crippen LogP contribution < -0.4 is 5.32 Å². The molecule has 9 nitrogen and oxygen atoms in total. The van der Waals surface area contributed by atoms with Gasteiger partial charge in [-0.2, -0.15) is 0 Å². The van der Waals surface area contributed by atoms with Crippen LogP contribution in [0.15, 0.2) is 48.5 Å². The highest BCUT2D eigenvalue weighted by molar-refractivity contribution is 5.93. The standard InChI is InChI=1S/C26H29N3O6/c1-26(2,24(33)29-13-22(30)28(3)12-21(29)23(31)32)15-27-25(34)35-14-20-18-10-6-4-8-16(18)17-9-5-7-11-19(17)20/h4-11,20-21H,12-15H2,1-3H3,(H,27,34)(H,31,32). The molecular formula is C26H29N3O6. The molecule has 1 aliphatic carbocycles. The van der Waals surface area contributed by atoms with Crippen LogP contribution in [0.4, 0.5) is 4.79 Å². The molecule has 0 aromatic heterocycles. The molecule has 0 saturated carbocycles. The fourth-order valence-electron chi connectivity index (χ4n) is 4.67. The number of nitrogens with one attached hydrogen (secondary N) is 1. The number of likely N-dealkylation sites (N-methyl/N-ethyl adjacent to an activating group) is 1. The molecule has 4 rings (SSSR count). The first kappa shape index (κ1) is 24.3. The molecule has 1 fully saturated rings. The highest BCUT2D eigenvalue weighted by atomic mass is 16.5. The molecule has 0 bridgehead atoms. The van der Waals surface area contributed by atoms with E-state index in [2.05, 4.69) is 17.4 Å². The van der Waals surface area contributed by atoms with Crippen LogP contribution in [-0.2, 0) is 19.1 Å². The van der Waals surface area contributed by atoms with Gasteiger partial charge in [0.05, 0.1) is 12.0 Å². The minimum atomic E-state index is -1.18. The van der Waals surface area contributed by atoms with Gasteiger partial charge in [-0.3, -0.25) is 9.59 Å². The second-order valence-electron chi connectivity index (χ2n) is 9.62. The third kappa shape index (κ3) is 4.71. The fraction of sp³-hybridized carbons (Fsp3) is 0.385. The van der Waals surface area contributed by atoms with E-state index in [1.807, 2.05) is 36.4 Å². The predicted octanol–water partition coefficient (Wildman–Crippen LogP) is 2.31. The van der Waals surface area contributed by atoms with Crippen LogP contribution in [0.1, 0.15) is 30.9 Å². The molecule has 0 radical (unpaired) electrons. The Morgan fingerprint density at radius 2 is 1.63 bits per heavy atom. The fourth-order valence-corrected chi connectivity index (χ4v) is 4.67. The van der Waals surface area contributed by atoms with Crippen LogP contribution in [0.25, 0.3) is 11.1 Å². The predicted molar refractivity (Wildman–Crippen MR) is 128 cm³/mol. The molecule has 3 amide bonds. The van der Waals surface area contributed by atoms with E-state index in [1.165, 1.54) is 11.9 Å². The lowest BCUT2D eigenvalue weighted by molar-refractivity contribution is -0.162. The van der Waals surface area contributed by atoms with E-state index in [0.29, 0.717) is 0 Å². The van der Waals surface area contributed by atoms with Crippen molar-refractivity contribution in [3.63, 3.8) is 0 Å². The van der Waals surface area contributed by atoms with Crippen LogP contribution in [0, 0.1) is 5.41 Å². The largest absolute Gasteiger partial charge is 0.480 e. The van der Waals surface area contributed by atoms with Crippen molar-refractivity contribution >= 4 is 23.9 Å². The Hall–Kier alpha value is -3.88. The van der Waals surface area contributed by atoms with Gasteiger partial charge >= 0.3 is 12.1 Å². The van der Waals surface area contributed by atoms with Crippen molar-refractivity contribution in [3.05, 3.63) is 59.7 Å². The van der Waals surface area contributed by atoms with E-state index in [-0.39, 0.29) is 38.1 Å². The lowest BCUT2D eigenvalue weighted by Crippen LogP contribution is -2.62. The first-order valence-corrected chi connectivity index (χ1v) is 11.5. The summed E-state index contributed by atoms with van der Waals surface area (Å²) >= 11 is 0. The number of hydrogen-bond acceptors (Lipinski definition) is 5. The van der Waals surface area contributed by atoms with Crippen LogP contribution >= 0.6 is 0 Å². The van der Waals surface area contributed by atoms with Gasteiger partial charge in [-0.15, -0.1) is 0 Å². The number of carbonyl (C=O) groups excluding carboxylic acids is 3. The third-order valence-corrected chi connectivity index (χ3v) is 6.70. The summed E-state index contributed by atoms with van der Waals surface area (Å²) in [6.45, 7) is 2.86. The summed E-state index contributed by atoms with van der Waals surface area (Å²) in [5, 5.41) is 12.2. The molecule has 184 valence electrons. The summed E-state index contributed by atoms with van der Waals surface area (Å²) in [5.74, 6) is -2.13. The number of nitrogens with zero attached hydrogens (tertiary/aromatic N) is 2. The maximum Gasteiger partial charge on any atom is 0.407 e. The molecule has 1 saturated heterocycles. The topological polar surface area (TPSA) is 116 Å². The molecule has 2 N–H and O–H groups in total. The average Bonchev–Trinajstić information content (AvgIpc) is 3.16. The van der Waals surface area contributed by atoms with Gasteiger partial charge in [0.1, 0.15) is 19.2 Å². The number of carboxylic acids is 1. The number of aliphatic carboxylic acids is 1. The van der Waals surface area contributed by atoms with Gasteiger partial charge in [-0.25, -0.2) is 9.59 Å². The Bertz CT molecular complexity index is 1130. The SMILES string of the molecule is CN1CC(C(=O)O)N(C(=O)C(C)(C)CNC(=O)OCC2c3ccccc3-c3ccccc32)CC1=O. The van der Waals surface area contributed by atoms with E-state index in [1.54, 1.807) is 13.8 Å². The van der Waals surface area contributed by atoms with Gasteiger partial charge in [0.2, 0.25) is 11.8 Å². The van der Waals surface area contributed by atoms with Gasteiger partial charge in [-0.05, 0) is 36.1 Å². The second kappa shape index (κ2) is 9.40. The van der Waals surface area contributed by atoms with Crippen LogP contribution in [0.2, 0.25) is 0 Å². The summed E-state index contributed by atoms with van der Waals surface area (Å²) in [6, 6.07) is 14.9. The summed E-state index contributed by atoms with van der Waals surface area (Å²) in [7, 11) is 1.50. The Balaban J connectivity index is 1.37. The van der Waals surface area contributed by atoms with Crippen molar-refractivity contribution in [2.24, 2.45) is 5.41 Å². The lowest BCUT2D eigenvalue weighted by Gasteiger charge is -2.40. The molecule has 2 aromatic carbocycles. The number of carboxylic acid groups (broad SMARTS) is 1. The van der Waals surface area contributed by atoms with Crippen molar-refractivity contribution < 1.29 is 29.0 Å². The Labute approximate surface area is 203 Å². The number of fused-ring (bicyclic) bond motifs is 3. The van der Waals surface area contributed by atoms with Crippen molar-refractivity contribution in [1.29, 1.82) is 0 Å². The van der Waals surface area contributed by atoms with E-state index in [9.17, 15) is 24.3 Å². The molecule has 35 heavy (non-hydrogen) atoms. The van der Waals surface area contributed by atoms with Gasteiger partial charge < -0.3 is 25.0 Å². The normalized spacial score (nSPS) is 17.6. The van der Waals surface area contributed by atoms with Crippen molar-refractivity contribution in [2.45, 2.75) is 25.8 Å². The van der Waals surface area contributed by atoms with Gasteiger partial charge in [0.25, 0.3) is 0 Å². The average molecular weight is 480 g/mol. The molecule has 0 spiro atoms. The zero-order chi connectivity index (χ0) is 25.3. The van der Waals surface area contributed by atoms with Crippen molar-refractivity contribution in [3.8, 4) is 11.1 Å². The lowest BCUT2D eigenvalue weighted by atomic mass is 9.90. The number of carbonyl (C=O) groups is 4. The number of rotatable bonds is 6. The molecule has 2 aliphatic rings. The van der Waals surface area contributed by atoms with E-state index in [4.69, 9.17) is 4.74 Å². The Kier molecular flexibility index (Phi) is 6.51. The summed E-state index contributed by atoms with van der Waals surface area (Å²) in [4.78, 5) is 51.8. The molecule has 1 heterocycles. The molecule has 1 unspecified atom stereocenters. The number of alkyl carbamates (subject to hydrolysis) is 1.